The van der Waals surface area contributed by atoms with Crippen LogP contribution in [0.3, 0.4) is 0 Å². The van der Waals surface area contributed by atoms with E-state index in [0.717, 1.165) is 0 Å². The Morgan fingerprint density at radius 1 is 1.44 bits per heavy atom. The lowest BCUT2D eigenvalue weighted by Crippen LogP contribution is -1.98. The summed E-state index contributed by atoms with van der Waals surface area (Å²) >= 11 is 0. The lowest BCUT2D eigenvalue weighted by molar-refractivity contribution is 0.632. The quantitative estimate of drug-likeness (QED) is 0.529. The largest absolute Gasteiger partial charge is 0.396 e. The average Bonchev–Trinajstić information content (AvgIpc) is 1.83. The molecule has 0 atom stereocenters. The highest BCUT2D eigenvalue weighted by Crippen LogP contribution is 2.11. The Labute approximate surface area is 51.5 Å². The summed E-state index contributed by atoms with van der Waals surface area (Å²) in [6.07, 6.45) is 1.35. The first kappa shape index (κ1) is 5.81. The van der Waals surface area contributed by atoms with Gasteiger partial charge >= 0.3 is 0 Å². The molecule has 1 aromatic rings. The molecule has 0 amide bonds. The molecule has 4 N–H and O–H groups in total. The summed E-state index contributed by atoms with van der Waals surface area (Å²) in [5.74, 6) is -0.799. The second-order valence-corrected chi connectivity index (χ2v) is 1.60. The average molecular weight is 127 g/mol. The Hall–Kier alpha value is -1.32. The van der Waals surface area contributed by atoms with E-state index in [-0.39, 0.29) is 11.5 Å². The first-order chi connectivity index (χ1) is 4.22. The topological polar surface area (TPSA) is 64.9 Å². The molecular formula is C5H6FN3. The van der Waals surface area contributed by atoms with Crippen LogP contribution in [0.15, 0.2) is 12.3 Å². The van der Waals surface area contributed by atoms with Crippen LogP contribution in [-0.4, -0.2) is 4.98 Å². The molecule has 0 aromatic carbocycles. The summed E-state index contributed by atoms with van der Waals surface area (Å²) in [5.41, 5.74) is 10.2. The van der Waals surface area contributed by atoms with Crippen molar-refractivity contribution in [2.75, 3.05) is 11.5 Å². The van der Waals surface area contributed by atoms with Crippen LogP contribution in [0, 0.1) is 5.82 Å². The van der Waals surface area contributed by atoms with E-state index in [1.807, 2.05) is 0 Å². The number of aromatic nitrogens is 1. The van der Waals surface area contributed by atoms with E-state index in [4.69, 9.17) is 11.5 Å². The van der Waals surface area contributed by atoms with Gasteiger partial charge in [-0.15, -0.1) is 0 Å². The van der Waals surface area contributed by atoms with Crippen LogP contribution in [0.2, 0.25) is 0 Å². The van der Waals surface area contributed by atoms with E-state index in [9.17, 15) is 4.39 Å². The number of anilines is 2. The normalized spacial score (nSPS) is 9.44. The number of halogens is 1. The molecular weight excluding hydrogens is 121 g/mol. The zero-order valence-corrected chi connectivity index (χ0v) is 4.63. The summed E-state index contributed by atoms with van der Waals surface area (Å²) in [5, 5.41) is 0. The van der Waals surface area contributed by atoms with Crippen LogP contribution in [-0.2, 0) is 0 Å². The van der Waals surface area contributed by atoms with Gasteiger partial charge in [0.25, 0.3) is 0 Å². The van der Waals surface area contributed by atoms with E-state index in [0.29, 0.717) is 0 Å². The van der Waals surface area contributed by atoms with Crippen molar-refractivity contribution >= 4 is 11.5 Å². The minimum absolute atomic E-state index is 0.0301. The molecule has 4 heteroatoms. The number of nitrogens with two attached hydrogens (primary N) is 2. The van der Waals surface area contributed by atoms with Crippen molar-refractivity contribution in [2.45, 2.75) is 0 Å². The molecule has 1 heterocycles. The fourth-order valence-corrected chi connectivity index (χ4v) is 0.476. The molecule has 0 spiro atoms. The van der Waals surface area contributed by atoms with Crippen molar-refractivity contribution in [2.24, 2.45) is 0 Å². The Kier molecular flexibility index (Phi) is 1.22. The number of hydrogen-bond acceptors (Lipinski definition) is 3. The molecule has 1 rings (SSSR count). The fraction of sp³-hybridized carbons (Fsp3) is 0. The highest BCUT2D eigenvalue weighted by molar-refractivity contribution is 5.47. The maximum absolute atomic E-state index is 12.4. The first-order valence-electron chi connectivity index (χ1n) is 2.37. The zero-order valence-electron chi connectivity index (χ0n) is 4.63. The smallest absolute Gasteiger partial charge is 0.188 e. The van der Waals surface area contributed by atoms with Gasteiger partial charge in [0.05, 0.1) is 5.69 Å². The minimum Gasteiger partial charge on any atom is -0.396 e. The number of hydrogen-bond donors (Lipinski definition) is 2. The van der Waals surface area contributed by atoms with Crippen LogP contribution in [0.25, 0.3) is 0 Å². The molecule has 9 heavy (non-hydrogen) atoms. The van der Waals surface area contributed by atoms with Crippen molar-refractivity contribution < 1.29 is 4.39 Å². The first-order valence-corrected chi connectivity index (χ1v) is 2.37. The van der Waals surface area contributed by atoms with E-state index >= 15 is 0 Å². The summed E-state index contributed by atoms with van der Waals surface area (Å²) in [6.45, 7) is 0. The van der Waals surface area contributed by atoms with Gasteiger partial charge in [-0.3, -0.25) is 0 Å². The lowest BCUT2D eigenvalue weighted by atomic mass is 10.4. The predicted octanol–water partition coefficient (Wildman–Crippen LogP) is 0.385. The number of rotatable bonds is 0. The summed E-state index contributed by atoms with van der Waals surface area (Å²) in [7, 11) is 0. The van der Waals surface area contributed by atoms with Gasteiger partial charge in [0, 0.05) is 6.20 Å². The second kappa shape index (κ2) is 1.89. The van der Waals surface area contributed by atoms with Crippen molar-refractivity contribution in [3.8, 4) is 0 Å². The number of nitrogens with zero attached hydrogens (tertiary/aromatic N) is 1. The third-order valence-corrected chi connectivity index (χ3v) is 0.946. The molecule has 0 aliphatic heterocycles. The van der Waals surface area contributed by atoms with Crippen molar-refractivity contribution in [3.05, 3.63) is 18.1 Å². The van der Waals surface area contributed by atoms with Gasteiger partial charge in [-0.25, -0.2) is 9.37 Å². The zero-order chi connectivity index (χ0) is 6.85. The summed E-state index contributed by atoms with van der Waals surface area (Å²) in [4.78, 5) is 3.46. The van der Waals surface area contributed by atoms with Gasteiger partial charge in [0.15, 0.2) is 11.6 Å². The molecule has 48 valence electrons. The third-order valence-electron chi connectivity index (χ3n) is 0.946. The maximum atomic E-state index is 12.4. The molecule has 3 nitrogen and oxygen atoms in total. The Bertz CT molecular complexity index is 203. The molecule has 0 aliphatic carbocycles. The van der Waals surface area contributed by atoms with Crippen molar-refractivity contribution in [3.63, 3.8) is 0 Å². The van der Waals surface area contributed by atoms with Crippen LogP contribution < -0.4 is 11.5 Å². The van der Waals surface area contributed by atoms with Crippen LogP contribution in [0.5, 0.6) is 0 Å². The minimum atomic E-state index is -0.641. The van der Waals surface area contributed by atoms with E-state index in [2.05, 4.69) is 4.98 Å². The Balaban J connectivity index is 3.25. The molecule has 0 fully saturated rings. The molecule has 0 bridgehead atoms. The van der Waals surface area contributed by atoms with Crippen LogP contribution in [0.4, 0.5) is 15.9 Å². The van der Waals surface area contributed by atoms with Gasteiger partial charge < -0.3 is 11.5 Å². The molecule has 0 radical (unpaired) electrons. The molecule has 0 unspecified atom stereocenters. The van der Waals surface area contributed by atoms with Crippen molar-refractivity contribution in [1.29, 1.82) is 0 Å². The van der Waals surface area contributed by atoms with Gasteiger partial charge in [-0.05, 0) is 6.07 Å². The van der Waals surface area contributed by atoms with E-state index in [1.165, 1.54) is 12.3 Å². The monoisotopic (exact) mass is 127 g/mol. The highest BCUT2D eigenvalue weighted by atomic mass is 19.1. The lowest BCUT2D eigenvalue weighted by Gasteiger charge is -1.95. The number of pyridine rings is 1. The Morgan fingerprint density at radius 2 is 2.11 bits per heavy atom. The van der Waals surface area contributed by atoms with Crippen LogP contribution in [0.1, 0.15) is 0 Å². The second-order valence-electron chi connectivity index (χ2n) is 1.60. The summed E-state index contributed by atoms with van der Waals surface area (Å²) < 4.78 is 12.4. The van der Waals surface area contributed by atoms with Gasteiger partial charge in [-0.1, -0.05) is 0 Å². The van der Waals surface area contributed by atoms with Gasteiger partial charge in [0.1, 0.15) is 0 Å². The van der Waals surface area contributed by atoms with Gasteiger partial charge in [-0.2, -0.15) is 0 Å². The summed E-state index contributed by atoms with van der Waals surface area (Å²) in [6, 6.07) is 1.35. The Morgan fingerprint density at radius 3 is 2.56 bits per heavy atom. The molecule has 0 aliphatic rings. The predicted molar refractivity (Wildman–Crippen MR) is 33.0 cm³/mol. The number of nitrogen functional groups attached to an aromatic ring is 2. The molecule has 0 saturated carbocycles. The maximum Gasteiger partial charge on any atom is 0.188 e. The SMILES string of the molecule is Nc1ccnc(N)c1F. The van der Waals surface area contributed by atoms with E-state index in [1.54, 1.807) is 0 Å². The van der Waals surface area contributed by atoms with Gasteiger partial charge in [0.2, 0.25) is 0 Å². The fourth-order valence-electron chi connectivity index (χ4n) is 0.476. The highest BCUT2D eigenvalue weighted by Gasteiger charge is 2.00. The molecule has 0 saturated heterocycles. The third kappa shape index (κ3) is 0.910. The van der Waals surface area contributed by atoms with Crippen LogP contribution >= 0.6 is 0 Å². The van der Waals surface area contributed by atoms with E-state index < -0.39 is 5.82 Å². The molecule has 1 aromatic heterocycles. The van der Waals surface area contributed by atoms with Crippen molar-refractivity contribution in [1.82, 2.24) is 4.98 Å². The standard InChI is InChI=1S/C5H6FN3/c6-4-3(7)1-2-9-5(4)8/h1-2H,(H4,7,8,9).